The van der Waals surface area contributed by atoms with Crippen molar-refractivity contribution in [1.29, 1.82) is 0 Å². The number of aryl methyl sites for hydroxylation is 1. The van der Waals surface area contributed by atoms with Crippen LogP contribution in [0.3, 0.4) is 0 Å². The van der Waals surface area contributed by atoms with E-state index in [-0.39, 0.29) is 16.8 Å². The van der Waals surface area contributed by atoms with Crippen LogP contribution in [-0.2, 0) is 27.7 Å². The second kappa shape index (κ2) is 9.95. The van der Waals surface area contributed by atoms with Gasteiger partial charge in [-0.25, -0.2) is 13.1 Å². The minimum absolute atomic E-state index is 0.0393. The molecular formula is C22H28N2O5S. The molecule has 1 aliphatic rings. The second-order valence-electron chi connectivity index (χ2n) is 7.33. The van der Waals surface area contributed by atoms with Gasteiger partial charge in [-0.05, 0) is 61.1 Å². The van der Waals surface area contributed by atoms with Crippen molar-refractivity contribution in [2.75, 3.05) is 20.8 Å². The molecule has 0 spiro atoms. The van der Waals surface area contributed by atoms with Crippen molar-refractivity contribution >= 4 is 15.9 Å². The lowest BCUT2D eigenvalue weighted by Gasteiger charge is -2.10. The Balaban J connectivity index is 1.42. The van der Waals surface area contributed by atoms with Gasteiger partial charge in [0.05, 0.1) is 19.1 Å². The summed E-state index contributed by atoms with van der Waals surface area (Å²) in [4.78, 5) is 12.4. The van der Waals surface area contributed by atoms with Crippen molar-refractivity contribution < 1.29 is 22.7 Å². The highest BCUT2D eigenvalue weighted by Crippen LogP contribution is 2.27. The van der Waals surface area contributed by atoms with E-state index in [1.54, 1.807) is 38.5 Å². The Labute approximate surface area is 177 Å². The van der Waals surface area contributed by atoms with Crippen LogP contribution in [0.4, 0.5) is 0 Å². The molecule has 0 aliphatic heterocycles. The molecule has 0 bridgehead atoms. The molecule has 0 aromatic heterocycles. The fraction of sp³-hybridized carbons (Fsp3) is 0.409. The molecule has 7 nitrogen and oxygen atoms in total. The quantitative estimate of drug-likeness (QED) is 0.569. The average Bonchev–Trinajstić information content (AvgIpc) is 3.55. The molecule has 162 valence electrons. The fourth-order valence-electron chi connectivity index (χ4n) is 3.05. The zero-order chi connectivity index (χ0) is 21.6. The van der Waals surface area contributed by atoms with E-state index >= 15 is 0 Å². The van der Waals surface area contributed by atoms with E-state index in [9.17, 15) is 13.2 Å². The van der Waals surface area contributed by atoms with Crippen LogP contribution >= 0.6 is 0 Å². The van der Waals surface area contributed by atoms with Crippen molar-refractivity contribution in [3.05, 3.63) is 53.6 Å². The van der Waals surface area contributed by atoms with Gasteiger partial charge in [0, 0.05) is 19.0 Å². The number of hydrogen-bond acceptors (Lipinski definition) is 5. The number of ether oxygens (including phenoxy) is 2. The molecule has 2 aromatic rings. The smallest absolute Gasteiger partial charge is 0.240 e. The first-order valence-corrected chi connectivity index (χ1v) is 11.5. The van der Waals surface area contributed by atoms with Crippen molar-refractivity contribution in [2.45, 2.75) is 43.0 Å². The van der Waals surface area contributed by atoms with Gasteiger partial charge < -0.3 is 14.8 Å². The molecule has 1 aliphatic carbocycles. The SMILES string of the molecule is COc1ccc(CCNC(=O)CCc2ccc(S(=O)(=O)NC3CC3)cc2)cc1OC. The van der Waals surface area contributed by atoms with E-state index in [0.29, 0.717) is 37.3 Å². The van der Waals surface area contributed by atoms with E-state index in [4.69, 9.17) is 9.47 Å². The third-order valence-corrected chi connectivity index (χ3v) is 6.49. The van der Waals surface area contributed by atoms with Crippen LogP contribution in [0.25, 0.3) is 0 Å². The van der Waals surface area contributed by atoms with Gasteiger partial charge in [0.15, 0.2) is 11.5 Å². The molecule has 0 atom stereocenters. The maximum atomic E-state index is 12.2. The Morgan fingerprint density at radius 2 is 1.63 bits per heavy atom. The van der Waals surface area contributed by atoms with Crippen molar-refractivity contribution in [3.63, 3.8) is 0 Å². The Bertz CT molecular complexity index is 970. The molecule has 0 saturated heterocycles. The van der Waals surface area contributed by atoms with Gasteiger partial charge >= 0.3 is 0 Å². The number of hydrogen-bond donors (Lipinski definition) is 2. The Morgan fingerprint density at radius 3 is 2.27 bits per heavy atom. The summed E-state index contributed by atoms with van der Waals surface area (Å²) in [5, 5.41) is 2.91. The van der Waals surface area contributed by atoms with Crippen LogP contribution in [0.15, 0.2) is 47.4 Å². The molecule has 0 unspecified atom stereocenters. The first kappa shape index (κ1) is 22.1. The summed E-state index contributed by atoms with van der Waals surface area (Å²) >= 11 is 0. The van der Waals surface area contributed by atoms with Gasteiger partial charge in [0.2, 0.25) is 15.9 Å². The summed E-state index contributed by atoms with van der Waals surface area (Å²) in [5.41, 5.74) is 1.97. The van der Waals surface area contributed by atoms with E-state index < -0.39 is 10.0 Å². The highest BCUT2D eigenvalue weighted by Gasteiger charge is 2.27. The van der Waals surface area contributed by atoms with E-state index in [1.165, 1.54) is 0 Å². The molecule has 0 radical (unpaired) electrons. The van der Waals surface area contributed by atoms with Gasteiger partial charge in [-0.2, -0.15) is 0 Å². The molecule has 8 heteroatoms. The van der Waals surface area contributed by atoms with Gasteiger partial charge in [-0.1, -0.05) is 18.2 Å². The highest BCUT2D eigenvalue weighted by atomic mass is 32.2. The molecule has 1 saturated carbocycles. The number of amides is 1. The molecule has 2 aromatic carbocycles. The fourth-order valence-corrected chi connectivity index (χ4v) is 4.36. The van der Waals surface area contributed by atoms with Crippen LogP contribution in [0, 0.1) is 0 Å². The van der Waals surface area contributed by atoms with Crippen LogP contribution in [0.1, 0.15) is 30.4 Å². The van der Waals surface area contributed by atoms with Gasteiger partial charge in [0.25, 0.3) is 0 Å². The van der Waals surface area contributed by atoms with Crippen molar-refractivity contribution in [3.8, 4) is 11.5 Å². The molecule has 0 heterocycles. The summed E-state index contributed by atoms with van der Waals surface area (Å²) < 4.78 is 37.5. The lowest BCUT2D eigenvalue weighted by atomic mass is 10.1. The monoisotopic (exact) mass is 432 g/mol. The zero-order valence-electron chi connectivity index (χ0n) is 17.3. The first-order chi connectivity index (χ1) is 14.4. The second-order valence-corrected chi connectivity index (χ2v) is 9.04. The number of carbonyl (C=O) groups is 1. The van der Waals surface area contributed by atoms with E-state index in [0.717, 1.165) is 24.0 Å². The average molecular weight is 433 g/mol. The Morgan fingerprint density at radius 1 is 0.967 bits per heavy atom. The Hall–Kier alpha value is -2.58. The summed E-state index contributed by atoms with van der Waals surface area (Å²) in [6.07, 6.45) is 3.39. The number of rotatable bonds is 11. The zero-order valence-corrected chi connectivity index (χ0v) is 18.1. The molecule has 1 fully saturated rings. The lowest BCUT2D eigenvalue weighted by molar-refractivity contribution is -0.121. The summed E-state index contributed by atoms with van der Waals surface area (Å²) in [6, 6.07) is 12.5. The van der Waals surface area contributed by atoms with Gasteiger partial charge in [0.1, 0.15) is 0 Å². The predicted molar refractivity (Wildman–Crippen MR) is 114 cm³/mol. The third-order valence-electron chi connectivity index (χ3n) is 4.96. The first-order valence-electron chi connectivity index (χ1n) is 10.00. The van der Waals surface area contributed by atoms with Crippen LogP contribution < -0.4 is 19.5 Å². The normalized spacial score (nSPS) is 13.7. The molecule has 1 amide bonds. The number of carbonyl (C=O) groups excluding carboxylic acids is 1. The predicted octanol–water partition coefficient (Wildman–Crippen LogP) is 2.44. The molecule has 3 rings (SSSR count). The van der Waals surface area contributed by atoms with Crippen molar-refractivity contribution in [2.24, 2.45) is 0 Å². The largest absolute Gasteiger partial charge is 0.493 e. The lowest BCUT2D eigenvalue weighted by Crippen LogP contribution is -2.26. The number of benzene rings is 2. The molecule has 2 N–H and O–H groups in total. The van der Waals surface area contributed by atoms with E-state index in [2.05, 4.69) is 10.0 Å². The van der Waals surface area contributed by atoms with Crippen LogP contribution in [0.2, 0.25) is 0 Å². The topological polar surface area (TPSA) is 93.7 Å². The molecule has 30 heavy (non-hydrogen) atoms. The number of sulfonamides is 1. The number of methoxy groups -OCH3 is 2. The summed E-state index contributed by atoms with van der Waals surface area (Å²) in [7, 11) is -0.254. The minimum Gasteiger partial charge on any atom is -0.493 e. The minimum atomic E-state index is -3.44. The summed E-state index contributed by atoms with van der Waals surface area (Å²) in [6.45, 7) is 0.526. The van der Waals surface area contributed by atoms with Gasteiger partial charge in [-0.15, -0.1) is 0 Å². The van der Waals surface area contributed by atoms with Crippen LogP contribution in [0.5, 0.6) is 11.5 Å². The van der Waals surface area contributed by atoms with E-state index in [1.807, 2.05) is 18.2 Å². The summed E-state index contributed by atoms with van der Waals surface area (Å²) in [5.74, 6) is 1.30. The Kier molecular flexibility index (Phi) is 7.33. The van der Waals surface area contributed by atoms with Crippen molar-refractivity contribution in [1.82, 2.24) is 10.0 Å². The highest BCUT2D eigenvalue weighted by molar-refractivity contribution is 7.89. The van der Waals surface area contributed by atoms with Gasteiger partial charge in [-0.3, -0.25) is 4.79 Å². The third kappa shape index (κ3) is 6.21. The van der Waals surface area contributed by atoms with Crippen LogP contribution in [-0.4, -0.2) is 41.1 Å². The maximum absolute atomic E-state index is 12.2. The molecular weight excluding hydrogens is 404 g/mol. The number of nitrogens with one attached hydrogen (secondary N) is 2. The maximum Gasteiger partial charge on any atom is 0.240 e. The standard InChI is InChI=1S/C22H28N2O5S/c1-28-20-11-5-17(15-21(20)29-2)13-14-23-22(25)12-6-16-3-9-19(10-4-16)30(26,27)24-18-7-8-18/h3-5,9-11,15,18,24H,6-8,12-14H2,1-2H3,(H,23,25).